The molecule has 0 radical (unpaired) electrons. The summed E-state index contributed by atoms with van der Waals surface area (Å²) in [6.07, 6.45) is 1.86. The summed E-state index contributed by atoms with van der Waals surface area (Å²) in [6.45, 7) is 4.17. The van der Waals surface area contributed by atoms with E-state index in [1.54, 1.807) is 0 Å². The van der Waals surface area contributed by atoms with E-state index in [1.807, 2.05) is 30.3 Å². The Labute approximate surface area is 154 Å². The van der Waals surface area contributed by atoms with E-state index in [0.717, 1.165) is 18.2 Å². The first-order valence-corrected chi connectivity index (χ1v) is 10.3. The predicted molar refractivity (Wildman–Crippen MR) is 101 cm³/mol. The maximum Gasteiger partial charge on any atom is 0.253 e. The van der Waals surface area contributed by atoms with Gasteiger partial charge in [0, 0.05) is 6.26 Å². The molecule has 0 aromatic heterocycles. The fraction of sp³-hybridized carbons (Fsp3) is 0.316. The van der Waals surface area contributed by atoms with Crippen molar-refractivity contribution >= 4 is 27.3 Å². The molecule has 1 unspecified atom stereocenters. The van der Waals surface area contributed by atoms with E-state index in [9.17, 15) is 13.2 Å². The van der Waals surface area contributed by atoms with E-state index in [-0.39, 0.29) is 27.4 Å². The van der Waals surface area contributed by atoms with Gasteiger partial charge in [0.05, 0.1) is 21.5 Å². The Morgan fingerprint density at radius 1 is 1.12 bits per heavy atom. The van der Waals surface area contributed by atoms with Crippen LogP contribution in [0.3, 0.4) is 0 Å². The smallest absolute Gasteiger partial charge is 0.253 e. The van der Waals surface area contributed by atoms with Crippen molar-refractivity contribution in [3.63, 3.8) is 0 Å². The van der Waals surface area contributed by atoms with Crippen molar-refractivity contribution in [2.75, 3.05) is 6.26 Å². The second-order valence-electron chi connectivity index (χ2n) is 6.48. The number of carbonyl (C=O) groups is 1. The van der Waals surface area contributed by atoms with Gasteiger partial charge in [-0.15, -0.1) is 0 Å². The molecule has 0 bridgehead atoms. The number of hydrogen-bond acceptors (Lipinski definition) is 3. The molecule has 0 saturated heterocycles. The number of benzene rings is 2. The van der Waals surface area contributed by atoms with Crippen LogP contribution in [0.4, 0.5) is 0 Å². The zero-order chi connectivity index (χ0) is 18.6. The molecule has 25 heavy (non-hydrogen) atoms. The molecule has 1 atom stereocenters. The van der Waals surface area contributed by atoms with Crippen molar-refractivity contribution in [1.82, 2.24) is 5.32 Å². The summed E-state index contributed by atoms with van der Waals surface area (Å²) >= 11 is 6.12. The molecule has 134 valence electrons. The molecule has 0 aliphatic heterocycles. The van der Waals surface area contributed by atoms with Crippen molar-refractivity contribution in [3.05, 3.63) is 64.7 Å². The molecule has 0 aliphatic rings. The number of hydrogen-bond donors (Lipinski definition) is 1. The molecule has 2 aromatic carbocycles. The van der Waals surface area contributed by atoms with E-state index >= 15 is 0 Å². The Hall–Kier alpha value is -1.85. The summed E-state index contributed by atoms with van der Waals surface area (Å²) < 4.78 is 23.5. The van der Waals surface area contributed by atoms with Crippen LogP contribution in [0.15, 0.2) is 53.4 Å². The van der Waals surface area contributed by atoms with Gasteiger partial charge in [-0.05, 0) is 36.1 Å². The lowest BCUT2D eigenvalue weighted by molar-refractivity contribution is 0.0932. The molecule has 2 aromatic rings. The van der Waals surface area contributed by atoms with Crippen LogP contribution < -0.4 is 5.32 Å². The number of halogens is 1. The van der Waals surface area contributed by atoms with Gasteiger partial charge < -0.3 is 5.32 Å². The van der Waals surface area contributed by atoms with Gasteiger partial charge in [-0.3, -0.25) is 4.79 Å². The van der Waals surface area contributed by atoms with Crippen LogP contribution in [-0.2, 0) is 9.84 Å². The summed E-state index contributed by atoms with van der Waals surface area (Å²) in [5, 5.41) is 3.21. The van der Waals surface area contributed by atoms with Gasteiger partial charge in [0.2, 0.25) is 0 Å². The number of sulfone groups is 1. The van der Waals surface area contributed by atoms with Crippen molar-refractivity contribution in [1.29, 1.82) is 0 Å². The fourth-order valence-electron chi connectivity index (χ4n) is 2.58. The lowest BCUT2D eigenvalue weighted by atomic mass is 9.96. The van der Waals surface area contributed by atoms with Gasteiger partial charge in [-0.1, -0.05) is 55.8 Å². The number of carbonyl (C=O) groups excluding carboxylic acids is 1. The molecular formula is C19H22ClNO3S. The second kappa shape index (κ2) is 8.02. The Morgan fingerprint density at radius 2 is 1.76 bits per heavy atom. The van der Waals surface area contributed by atoms with E-state index in [4.69, 9.17) is 11.6 Å². The third-order valence-electron chi connectivity index (χ3n) is 3.82. The fourth-order valence-corrected chi connectivity index (χ4v) is 3.43. The number of rotatable bonds is 6. The van der Waals surface area contributed by atoms with Crippen LogP contribution in [0.1, 0.15) is 42.2 Å². The Balaban J connectivity index is 2.32. The normalized spacial score (nSPS) is 12.8. The Bertz CT molecular complexity index is 848. The second-order valence-corrected chi connectivity index (χ2v) is 8.90. The first-order valence-electron chi connectivity index (χ1n) is 8.04. The van der Waals surface area contributed by atoms with Crippen LogP contribution in [0, 0.1) is 5.92 Å². The largest absolute Gasteiger partial charge is 0.345 e. The zero-order valence-corrected chi connectivity index (χ0v) is 16.1. The highest BCUT2D eigenvalue weighted by molar-refractivity contribution is 7.90. The van der Waals surface area contributed by atoms with Gasteiger partial charge in [0.25, 0.3) is 5.91 Å². The minimum Gasteiger partial charge on any atom is -0.345 e. The number of amides is 1. The topological polar surface area (TPSA) is 63.2 Å². The summed E-state index contributed by atoms with van der Waals surface area (Å²) in [6, 6.07) is 13.7. The molecule has 0 saturated carbocycles. The first-order chi connectivity index (χ1) is 11.7. The maximum absolute atomic E-state index is 12.7. The van der Waals surface area contributed by atoms with Crippen molar-refractivity contribution in [3.8, 4) is 0 Å². The third kappa shape index (κ3) is 5.31. The van der Waals surface area contributed by atoms with E-state index in [2.05, 4.69) is 19.2 Å². The molecular weight excluding hydrogens is 358 g/mol. The highest BCUT2D eigenvalue weighted by atomic mass is 35.5. The molecule has 0 aliphatic carbocycles. The molecule has 1 N–H and O–H groups in total. The molecule has 6 heteroatoms. The summed E-state index contributed by atoms with van der Waals surface area (Å²) in [7, 11) is -3.41. The Morgan fingerprint density at radius 3 is 2.32 bits per heavy atom. The van der Waals surface area contributed by atoms with Crippen LogP contribution >= 0.6 is 11.6 Å². The summed E-state index contributed by atoms with van der Waals surface area (Å²) in [4.78, 5) is 12.8. The number of nitrogens with one attached hydrogen (secondary N) is 1. The van der Waals surface area contributed by atoms with Gasteiger partial charge in [-0.2, -0.15) is 0 Å². The van der Waals surface area contributed by atoms with Crippen LogP contribution in [0.5, 0.6) is 0 Å². The molecule has 0 spiro atoms. The highest BCUT2D eigenvalue weighted by Crippen LogP contribution is 2.24. The average molecular weight is 380 g/mol. The van der Waals surface area contributed by atoms with E-state index in [0.29, 0.717) is 5.92 Å². The highest BCUT2D eigenvalue weighted by Gasteiger charge is 2.20. The Kier molecular flexibility index (Phi) is 6.25. The predicted octanol–water partition coefficient (Wildman–Crippen LogP) is 4.26. The van der Waals surface area contributed by atoms with Crippen LogP contribution in [-0.4, -0.2) is 20.6 Å². The lowest BCUT2D eigenvalue weighted by Gasteiger charge is -2.21. The molecule has 0 heterocycles. The molecule has 4 nitrogen and oxygen atoms in total. The van der Waals surface area contributed by atoms with Crippen molar-refractivity contribution in [2.24, 2.45) is 5.92 Å². The molecule has 2 rings (SSSR count). The van der Waals surface area contributed by atoms with Crippen molar-refractivity contribution in [2.45, 2.75) is 31.2 Å². The lowest BCUT2D eigenvalue weighted by Crippen LogP contribution is -2.30. The van der Waals surface area contributed by atoms with Gasteiger partial charge in [-0.25, -0.2) is 8.42 Å². The van der Waals surface area contributed by atoms with Gasteiger partial charge in [0.15, 0.2) is 9.84 Å². The van der Waals surface area contributed by atoms with E-state index in [1.165, 1.54) is 18.2 Å². The first kappa shape index (κ1) is 19.5. The van der Waals surface area contributed by atoms with Crippen LogP contribution in [0.25, 0.3) is 0 Å². The summed E-state index contributed by atoms with van der Waals surface area (Å²) in [5.41, 5.74) is 1.16. The average Bonchev–Trinajstić information content (AvgIpc) is 2.53. The minimum absolute atomic E-state index is 0.0715. The maximum atomic E-state index is 12.7. The van der Waals surface area contributed by atoms with Gasteiger partial charge in [0.1, 0.15) is 0 Å². The quantitative estimate of drug-likeness (QED) is 0.815. The SMILES string of the molecule is CC(C)CC(NC(=O)c1cc(S(C)(=O)=O)ccc1Cl)c1ccccc1. The van der Waals surface area contributed by atoms with Gasteiger partial charge >= 0.3 is 0 Å². The van der Waals surface area contributed by atoms with Crippen LogP contribution in [0.2, 0.25) is 5.02 Å². The zero-order valence-electron chi connectivity index (χ0n) is 14.5. The summed E-state index contributed by atoms with van der Waals surface area (Å²) in [5.74, 6) is -0.00617. The molecule has 1 amide bonds. The molecule has 0 fully saturated rings. The minimum atomic E-state index is -3.41. The van der Waals surface area contributed by atoms with E-state index < -0.39 is 9.84 Å². The van der Waals surface area contributed by atoms with Crippen molar-refractivity contribution < 1.29 is 13.2 Å². The monoisotopic (exact) mass is 379 g/mol. The third-order valence-corrected chi connectivity index (χ3v) is 5.26. The standard InChI is InChI=1S/C19H22ClNO3S/c1-13(2)11-18(14-7-5-4-6-8-14)21-19(22)16-12-15(25(3,23)24)9-10-17(16)20/h4-10,12-13,18H,11H2,1-3H3,(H,21,22).